The Morgan fingerprint density at radius 1 is 1.44 bits per heavy atom. The van der Waals surface area contributed by atoms with Crippen molar-refractivity contribution in [3.63, 3.8) is 0 Å². The first-order valence-corrected chi connectivity index (χ1v) is 6.26. The van der Waals surface area contributed by atoms with Crippen molar-refractivity contribution in [1.29, 1.82) is 0 Å². The van der Waals surface area contributed by atoms with Crippen LogP contribution in [0.1, 0.15) is 40.5 Å². The maximum atomic E-state index is 12.3. The van der Waals surface area contributed by atoms with E-state index in [0.29, 0.717) is 6.42 Å². The monoisotopic (exact) mass is 266 g/mol. The lowest BCUT2D eigenvalue weighted by atomic mass is 9.99. The molecule has 1 rings (SSSR count). The molecular weight excluding hydrogens is 245 g/mol. The van der Waals surface area contributed by atoms with Gasteiger partial charge in [0.05, 0.1) is 18.1 Å². The summed E-state index contributed by atoms with van der Waals surface area (Å²) in [7, 11) is 0. The molecule has 0 bridgehead atoms. The Morgan fingerprint density at radius 2 is 2.00 bits per heavy atom. The minimum atomic E-state index is -4.23. The molecule has 1 saturated heterocycles. The highest BCUT2D eigenvalue weighted by atomic mass is 19.4. The van der Waals surface area contributed by atoms with Crippen molar-refractivity contribution in [3.05, 3.63) is 0 Å². The summed E-state index contributed by atoms with van der Waals surface area (Å²) in [5, 5.41) is 3.16. The number of nitrogens with zero attached hydrogens (tertiary/aromatic N) is 1. The van der Waals surface area contributed by atoms with E-state index >= 15 is 0 Å². The third kappa shape index (κ3) is 3.16. The third-order valence-corrected chi connectivity index (χ3v) is 3.51. The van der Waals surface area contributed by atoms with Gasteiger partial charge in [0, 0.05) is 6.54 Å². The van der Waals surface area contributed by atoms with E-state index in [1.807, 2.05) is 20.8 Å². The van der Waals surface area contributed by atoms with Crippen molar-refractivity contribution >= 4 is 5.91 Å². The molecule has 2 atom stereocenters. The molecule has 0 saturated carbocycles. The first-order valence-electron chi connectivity index (χ1n) is 6.26. The van der Waals surface area contributed by atoms with Crippen LogP contribution < -0.4 is 5.32 Å². The van der Waals surface area contributed by atoms with E-state index in [0.717, 1.165) is 0 Å². The highest BCUT2D eigenvalue weighted by molar-refractivity contribution is 5.88. The lowest BCUT2D eigenvalue weighted by Gasteiger charge is -2.27. The number of alkyl halides is 3. The number of carbonyl (C=O) groups excluding carboxylic acids is 1. The summed E-state index contributed by atoms with van der Waals surface area (Å²) in [4.78, 5) is 13.5. The van der Waals surface area contributed by atoms with Gasteiger partial charge in [-0.2, -0.15) is 13.2 Å². The first kappa shape index (κ1) is 15.3. The standard InChI is InChI=1S/C12H21F3N2O/c1-5-11(4)10(18)17(7-6-12(13,14)15)9(16-11)8(2)3/h8-9,16H,5-7H2,1-4H3. The van der Waals surface area contributed by atoms with E-state index < -0.39 is 18.1 Å². The van der Waals surface area contributed by atoms with Gasteiger partial charge in [-0.15, -0.1) is 0 Å². The summed E-state index contributed by atoms with van der Waals surface area (Å²) in [6, 6.07) is 0. The van der Waals surface area contributed by atoms with E-state index in [1.54, 1.807) is 6.92 Å². The Bertz CT molecular complexity index is 317. The fourth-order valence-corrected chi connectivity index (χ4v) is 2.18. The summed E-state index contributed by atoms with van der Waals surface area (Å²) >= 11 is 0. The molecule has 6 heteroatoms. The summed E-state index contributed by atoms with van der Waals surface area (Å²) in [5.74, 6) is -0.150. The highest BCUT2D eigenvalue weighted by Gasteiger charge is 2.48. The average molecular weight is 266 g/mol. The van der Waals surface area contributed by atoms with Gasteiger partial charge in [-0.05, 0) is 19.3 Å². The Hall–Kier alpha value is -0.780. The molecular formula is C12H21F3N2O. The predicted molar refractivity (Wildman–Crippen MR) is 62.8 cm³/mol. The summed E-state index contributed by atoms with van der Waals surface area (Å²) in [6.45, 7) is 7.13. The van der Waals surface area contributed by atoms with Gasteiger partial charge in [-0.25, -0.2) is 0 Å². The lowest BCUT2D eigenvalue weighted by Crippen LogP contribution is -2.45. The molecule has 1 aliphatic heterocycles. The van der Waals surface area contributed by atoms with Gasteiger partial charge < -0.3 is 4.90 Å². The Balaban J connectivity index is 2.82. The molecule has 2 unspecified atom stereocenters. The van der Waals surface area contributed by atoms with Crippen molar-refractivity contribution in [2.24, 2.45) is 5.92 Å². The lowest BCUT2D eigenvalue weighted by molar-refractivity contribution is -0.146. The summed E-state index contributed by atoms with van der Waals surface area (Å²) < 4.78 is 36.8. The number of amides is 1. The fourth-order valence-electron chi connectivity index (χ4n) is 2.18. The average Bonchev–Trinajstić information content (AvgIpc) is 2.49. The quantitative estimate of drug-likeness (QED) is 0.848. The molecule has 1 amide bonds. The third-order valence-electron chi connectivity index (χ3n) is 3.51. The van der Waals surface area contributed by atoms with Crippen LogP contribution in [0.5, 0.6) is 0 Å². The van der Waals surface area contributed by atoms with Gasteiger partial charge in [-0.1, -0.05) is 20.8 Å². The molecule has 1 aliphatic rings. The predicted octanol–water partition coefficient (Wildman–Crippen LogP) is 2.52. The molecule has 0 aliphatic carbocycles. The van der Waals surface area contributed by atoms with E-state index in [1.165, 1.54) is 4.90 Å². The zero-order chi connectivity index (χ0) is 14.1. The topological polar surface area (TPSA) is 32.3 Å². The first-order chi connectivity index (χ1) is 8.10. The second kappa shape index (κ2) is 5.07. The van der Waals surface area contributed by atoms with Crippen molar-refractivity contribution in [2.75, 3.05) is 6.54 Å². The molecule has 0 aromatic rings. The minimum Gasteiger partial charge on any atom is -0.325 e. The SMILES string of the molecule is CCC1(C)NC(C(C)C)N(CCC(F)(F)F)C1=O. The molecule has 0 aromatic heterocycles. The minimum absolute atomic E-state index is 0.0792. The maximum absolute atomic E-state index is 12.3. The van der Waals surface area contributed by atoms with Gasteiger partial charge in [0.1, 0.15) is 0 Å². The van der Waals surface area contributed by atoms with Crippen LogP contribution in [0.4, 0.5) is 13.2 Å². The van der Waals surface area contributed by atoms with Crippen molar-refractivity contribution in [3.8, 4) is 0 Å². The zero-order valence-electron chi connectivity index (χ0n) is 11.3. The number of nitrogens with one attached hydrogen (secondary N) is 1. The van der Waals surface area contributed by atoms with Crippen molar-refractivity contribution in [1.82, 2.24) is 10.2 Å². The Kier molecular flexibility index (Phi) is 4.30. The molecule has 0 aromatic carbocycles. The molecule has 1 fully saturated rings. The normalized spacial score (nSPS) is 29.4. The number of hydrogen-bond donors (Lipinski definition) is 1. The van der Waals surface area contributed by atoms with Crippen LogP contribution in [0.3, 0.4) is 0 Å². The second-order valence-electron chi connectivity index (χ2n) is 5.38. The van der Waals surface area contributed by atoms with Gasteiger partial charge in [0.25, 0.3) is 0 Å². The van der Waals surface area contributed by atoms with Gasteiger partial charge in [0.15, 0.2) is 0 Å². The van der Waals surface area contributed by atoms with E-state index in [-0.39, 0.29) is 24.5 Å². The van der Waals surface area contributed by atoms with E-state index in [9.17, 15) is 18.0 Å². The van der Waals surface area contributed by atoms with Crippen LogP contribution in [0.25, 0.3) is 0 Å². The highest BCUT2D eigenvalue weighted by Crippen LogP contribution is 2.29. The number of carbonyl (C=O) groups is 1. The molecule has 1 N–H and O–H groups in total. The van der Waals surface area contributed by atoms with E-state index in [4.69, 9.17) is 0 Å². The van der Waals surface area contributed by atoms with Crippen LogP contribution >= 0.6 is 0 Å². The largest absolute Gasteiger partial charge is 0.390 e. The fraction of sp³-hybridized carbons (Fsp3) is 0.917. The molecule has 18 heavy (non-hydrogen) atoms. The van der Waals surface area contributed by atoms with Crippen molar-refractivity contribution < 1.29 is 18.0 Å². The van der Waals surface area contributed by atoms with Gasteiger partial charge >= 0.3 is 6.18 Å². The Labute approximate surface area is 106 Å². The molecule has 0 spiro atoms. The van der Waals surface area contributed by atoms with Crippen LogP contribution in [-0.4, -0.2) is 35.2 Å². The van der Waals surface area contributed by atoms with Crippen LogP contribution in [0.15, 0.2) is 0 Å². The molecule has 1 heterocycles. The second-order valence-corrected chi connectivity index (χ2v) is 5.38. The molecule has 0 radical (unpaired) electrons. The zero-order valence-corrected chi connectivity index (χ0v) is 11.3. The summed E-state index contributed by atoms with van der Waals surface area (Å²) in [6.07, 6.45) is -4.93. The van der Waals surface area contributed by atoms with Gasteiger partial charge in [0.2, 0.25) is 5.91 Å². The number of rotatable bonds is 4. The smallest absolute Gasteiger partial charge is 0.325 e. The van der Waals surface area contributed by atoms with Crippen molar-refractivity contribution in [2.45, 2.75) is 58.4 Å². The van der Waals surface area contributed by atoms with Gasteiger partial charge in [-0.3, -0.25) is 10.1 Å². The Morgan fingerprint density at radius 3 is 2.39 bits per heavy atom. The number of halogens is 3. The van der Waals surface area contributed by atoms with Crippen LogP contribution in [0.2, 0.25) is 0 Å². The van der Waals surface area contributed by atoms with Crippen LogP contribution in [0, 0.1) is 5.92 Å². The molecule has 106 valence electrons. The van der Waals surface area contributed by atoms with Crippen LogP contribution in [-0.2, 0) is 4.79 Å². The maximum Gasteiger partial charge on any atom is 0.390 e. The summed E-state index contributed by atoms with van der Waals surface area (Å²) in [5.41, 5.74) is -0.736. The number of hydrogen-bond acceptors (Lipinski definition) is 2. The van der Waals surface area contributed by atoms with E-state index in [2.05, 4.69) is 5.32 Å². The molecule has 3 nitrogen and oxygen atoms in total.